The summed E-state index contributed by atoms with van der Waals surface area (Å²) in [5.74, 6) is 0.652. The normalized spacial score (nSPS) is 27.2. The molecule has 1 rings (SSSR count). The summed E-state index contributed by atoms with van der Waals surface area (Å²) in [6, 6.07) is 0. The lowest BCUT2D eigenvalue weighted by molar-refractivity contribution is -0.0371. The zero-order valence-corrected chi connectivity index (χ0v) is 10.5. The van der Waals surface area contributed by atoms with Crippen LogP contribution >= 0.6 is 0 Å². The van der Waals surface area contributed by atoms with Crippen molar-refractivity contribution in [1.82, 2.24) is 0 Å². The molecule has 0 heterocycles. The monoisotopic (exact) mass is 214 g/mol. The van der Waals surface area contributed by atoms with E-state index in [0.29, 0.717) is 18.1 Å². The van der Waals surface area contributed by atoms with Crippen molar-refractivity contribution in [1.29, 1.82) is 0 Å². The van der Waals surface area contributed by atoms with Crippen LogP contribution in [0.4, 0.5) is 0 Å². The van der Waals surface area contributed by atoms with E-state index in [-0.39, 0.29) is 0 Å². The third kappa shape index (κ3) is 5.53. The van der Waals surface area contributed by atoms with Crippen LogP contribution in [0.3, 0.4) is 0 Å². The van der Waals surface area contributed by atoms with Gasteiger partial charge in [0, 0.05) is 13.2 Å². The Morgan fingerprint density at radius 3 is 2.00 bits per heavy atom. The third-order valence-corrected chi connectivity index (χ3v) is 2.84. The van der Waals surface area contributed by atoms with E-state index >= 15 is 0 Å². The zero-order chi connectivity index (χ0) is 11.1. The molecule has 0 aromatic carbocycles. The average molecular weight is 214 g/mol. The minimum absolute atomic E-state index is 0.494. The number of hydrogen-bond donors (Lipinski definition) is 0. The molecule has 0 saturated heterocycles. The van der Waals surface area contributed by atoms with Crippen molar-refractivity contribution in [3.63, 3.8) is 0 Å². The molecule has 90 valence electrons. The van der Waals surface area contributed by atoms with Crippen LogP contribution in [0.15, 0.2) is 0 Å². The minimum Gasteiger partial charge on any atom is -0.378 e. The van der Waals surface area contributed by atoms with Gasteiger partial charge < -0.3 is 9.47 Å². The largest absolute Gasteiger partial charge is 0.378 e. The smallest absolute Gasteiger partial charge is 0.0577 e. The molecule has 15 heavy (non-hydrogen) atoms. The van der Waals surface area contributed by atoms with Gasteiger partial charge in [-0.25, -0.2) is 0 Å². The van der Waals surface area contributed by atoms with E-state index in [1.165, 1.54) is 25.7 Å². The highest BCUT2D eigenvalue weighted by molar-refractivity contribution is 4.73. The fourth-order valence-corrected chi connectivity index (χ4v) is 1.98. The van der Waals surface area contributed by atoms with E-state index in [1.807, 2.05) is 0 Å². The van der Waals surface area contributed by atoms with Crippen LogP contribution in [0.1, 0.15) is 52.9 Å². The third-order valence-electron chi connectivity index (χ3n) is 2.84. The predicted molar refractivity (Wildman–Crippen MR) is 63.1 cm³/mol. The van der Waals surface area contributed by atoms with Crippen molar-refractivity contribution in [3.8, 4) is 0 Å². The molecule has 2 heteroatoms. The summed E-state index contributed by atoms with van der Waals surface area (Å²) in [5.41, 5.74) is 0. The second-order valence-corrected chi connectivity index (χ2v) is 5.00. The van der Waals surface area contributed by atoms with Gasteiger partial charge in [-0.1, -0.05) is 20.8 Å². The molecule has 0 radical (unpaired) electrons. The number of hydrogen-bond acceptors (Lipinski definition) is 2. The molecule has 0 aromatic rings. The maximum absolute atomic E-state index is 5.84. The minimum atomic E-state index is 0.494. The van der Waals surface area contributed by atoms with Gasteiger partial charge in [-0.2, -0.15) is 0 Å². The summed E-state index contributed by atoms with van der Waals surface area (Å²) < 4.78 is 11.6. The van der Waals surface area contributed by atoms with Crippen molar-refractivity contribution in [2.24, 2.45) is 5.92 Å². The molecule has 0 N–H and O–H groups in total. The summed E-state index contributed by atoms with van der Waals surface area (Å²) >= 11 is 0. The van der Waals surface area contributed by atoms with Crippen molar-refractivity contribution >= 4 is 0 Å². The first kappa shape index (κ1) is 13.0. The molecule has 0 spiro atoms. The standard InChI is InChI=1S/C13H26O2/c1-4-9-14-12-5-7-13(8-6-12)15-10-11(2)3/h11-13H,4-10H2,1-3H3. The lowest BCUT2D eigenvalue weighted by Gasteiger charge is -2.29. The maximum atomic E-state index is 5.84. The van der Waals surface area contributed by atoms with Crippen molar-refractivity contribution < 1.29 is 9.47 Å². The van der Waals surface area contributed by atoms with Gasteiger partial charge in [0.1, 0.15) is 0 Å². The van der Waals surface area contributed by atoms with Crippen LogP contribution in [-0.2, 0) is 9.47 Å². The first-order valence-corrected chi connectivity index (χ1v) is 6.45. The summed E-state index contributed by atoms with van der Waals surface area (Å²) in [4.78, 5) is 0. The van der Waals surface area contributed by atoms with Gasteiger partial charge in [0.05, 0.1) is 12.2 Å². The highest BCUT2D eigenvalue weighted by Crippen LogP contribution is 2.23. The van der Waals surface area contributed by atoms with Gasteiger partial charge in [-0.05, 0) is 38.0 Å². The van der Waals surface area contributed by atoms with Gasteiger partial charge in [0.25, 0.3) is 0 Å². The molecular weight excluding hydrogens is 188 g/mol. The quantitative estimate of drug-likeness (QED) is 0.674. The Labute approximate surface area is 94.3 Å². The average Bonchev–Trinajstić information content (AvgIpc) is 2.25. The van der Waals surface area contributed by atoms with Gasteiger partial charge in [-0.3, -0.25) is 0 Å². The van der Waals surface area contributed by atoms with E-state index in [4.69, 9.17) is 9.47 Å². The Morgan fingerprint density at radius 1 is 1.00 bits per heavy atom. The molecule has 0 aromatic heterocycles. The summed E-state index contributed by atoms with van der Waals surface area (Å²) in [6.45, 7) is 8.40. The van der Waals surface area contributed by atoms with Crippen molar-refractivity contribution in [2.75, 3.05) is 13.2 Å². The van der Waals surface area contributed by atoms with Crippen LogP contribution in [-0.4, -0.2) is 25.4 Å². The molecule has 1 fully saturated rings. The Hall–Kier alpha value is -0.0800. The molecule has 0 bridgehead atoms. The maximum Gasteiger partial charge on any atom is 0.0577 e. The van der Waals surface area contributed by atoms with Crippen LogP contribution in [0.2, 0.25) is 0 Å². The van der Waals surface area contributed by atoms with Gasteiger partial charge in [0.2, 0.25) is 0 Å². The highest BCUT2D eigenvalue weighted by Gasteiger charge is 2.21. The molecule has 1 aliphatic carbocycles. The Balaban J connectivity index is 2.07. The molecule has 0 unspecified atom stereocenters. The van der Waals surface area contributed by atoms with Crippen molar-refractivity contribution in [3.05, 3.63) is 0 Å². The topological polar surface area (TPSA) is 18.5 Å². The fourth-order valence-electron chi connectivity index (χ4n) is 1.98. The van der Waals surface area contributed by atoms with Crippen LogP contribution < -0.4 is 0 Å². The van der Waals surface area contributed by atoms with Gasteiger partial charge >= 0.3 is 0 Å². The molecule has 1 aliphatic rings. The SMILES string of the molecule is CCCOC1CCC(OCC(C)C)CC1. The first-order valence-electron chi connectivity index (χ1n) is 6.45. The Morgan fingerprint density at radius 2 is 1.53 bits per heavy atom. The molecule has 2 nitrogen and oxygen atoms in total. The van der Waals surface area contributed by atoms with E-state index in [1.54, 1.807) is 0 Å². The van der Waals surface area contributed by atoms with E-state index < -0.39 is 0 Å². The predicted octanol–water partition coefficient (Wildman–Crippen LogP) is 3.40. The fraction of sp³-hybridized carbons (Fsp3) is 1.00. The highest BCUT2D eigenvalue weighted by atomic mass is 16.5. The summed E-state index contributed by atoms with van der Waals surface area (Å²) in [7, 11) is 0. The molecular formula is C13H26O2. The molecule has 0 amide bonds. The van der Waals surface area contributed by atoms with Crippen LogP contribution in [0.5, 0.6) is 0 Å². The lowest BCUT2D eigenvalue weighted by atomic mass is 9.95. The van der Waals surface area contributed by atoms with Crippen LogP contribution in [0, 0.1) is 5.92 Å². The first-order chi connectivity index (χ1) is 7.22. The second-order valence-electron chi connectivity index (χ2n) is 5.00. The lowest BCUT2D eigenvalue weighted by Crippen LogP contribution is -2.27. The van der Waals surface area contributed by atoms with E-state index in [0.717, 1.165) is 19.6 Å². The number of ether oxygens (including phenoxy) is 2. The second kappa shape index (κ2) is 7.24. The Bertz CT molecular complexity index is 149. The molecule has 0 aliphatic heterocycles. The van der Waals surface area contributed by atoms with Gasteiger partial charge in [-0.15, -0.1) is 0 Å². The van der Waals surface area contributed by atoms with E-state index in [2.05, 4.69) is 20.8 Å². The summed E-state index contributed by atoms with van der Waals surface area (Å²) in [5, 5.41) is 0. The Kier molecular flexibility index (Phi) is 6.26. The summed E-state index contributed by atoms with van der Waals surface area (Å²) in [6.07, 6.45) is 6.86. The van der Waals surface area contributed by atoms with Gasteiger partial charge in [0.15, 0.2) is 0 Å². The molecule has 1 saturated carbocycles. The number of rotatable bonds is 6. The van der Waals surface area contributed by atoms with E-state index in [9.17, 15) is 0 Å². The van der Waals surface area contributed by atoms with Crippen molar-refractivity contribution in [2.45, 2.75) is 65.1 Å². The zero-order valence-electron chi connectivity index (χ0n) is 10.5. The molecule has 0 atom stereocenters. The van der Waals surface area contributed by atoms with Crippen LogP contribution in [0.25, 0.3) is 0 Å².